The average Bonchev–Trinajstić information content (AvgIpc) is 2.36. The highest BCUT2D eigenvalue weighted by atomic mass is 15.1. The Hall–Kier alpha value is -0.0800. The van der Waals surface area contributed by atoms with Gasteiger partial charge in [0.05, 0.1) is 0 Å². The molecule has 0 bridgehead atoms. The van der Waals surface area contributed by atoms with E-state index in [0.29, 0.717) is 10.8 Å². The maximum Gasteiger partial charge on any atom is 0.00474 e. The highest BCUT2D eigenvalue weighted by molar-refractivity contribution is 4.85. The van der Waals surface area contributed by atoms with Crippen molar-refractivity contribution in [3.8, 4) is 0 Å². The lowest BCUT2D eigenvalue weighted by Gasteiger charge is -2.42. The molecule has 0 spiro atoms. The van der Waals surface area contributed by atoms with Gasteiger partial charge in [0.25, 0.3) is 0 Å². The van der Waals surface area contributed by atoms with E-state index in [4.69, 9.17) is 0 Å². The highest BCUT2D eigenvalue weighted by Crippen LogP contribution is 2.35. The third kappa shape index (κ3) is 5.43. The number of piperidine rings is 1. The average molecular weight is 268 g/mol. The molecule has 2 nitrogen and oxygen atoms in total. The van der Waals surface area contributed by atoms with Gasteiger partial charge in [0, 0.05) is 13.1 Å². The minimum absolute atomic E-state index is 0.435. The molecule has 114 valence electrons. The highest BCUT2D eigenvalue weighted by Gasteiger charge is 2.31. The molecular weight excluding hydrogens is 232 g/mol. The Morgan fingerprint density at radius 2 is 1.63 bits per heavy atom. The van der Waals surface area contributed by atoms with Crippen LogP contribution < -0.4 is 5.32 Å². The molecule has 0 amide bonds. The van der Waals surface area contributed by atoms with Crippen LogP contribution >= 0.6 is 0 Å². The Morgan fingerprint density at radius 1 is 1.05 bits per heavy atom. The van der Waals surface area contributed by atoms with Crippen molar-refractivity contribution in [2.24, 2.45) is 16.7 Å². The fourth-order valence-electron chi connectivity index (χ4n) is 3.22. The molecule has 2 heteroatoms. The number of hydrogen-bond donors (Lipinski definition) is 1. The molecule has 1 N–H and O–H groups in total. The SMILES string of the molecule is CCNCC(C)(CC)CN1CCC(C(C)(C)C)CC1. The number of nitrogens with one attached hydrogen (secondary N) is 1. The van der Waals surface area contributed by atoms with Crippen molar-refractivity contribution in [1.82, 2.24) is 10.2 Å². The Balaban J connectivity index is 2.43. The summed E-state index contributed by atoms with van der Waals surface area (Å²) in [4.78, 5) is 2.70. The summed E-state index contributed by atoms with van der Waals surface area (Å²) < 4.78 is 0. The Morgan fingerprint density at radius 3 is 2.05 bits per heavy atom. The molecular formula is C17H36N2. The summed E-state index contributed by atoms with van der Waals surface area (Å²) in [7, 11) is 0. The number of likely N-dealkylation sites (tertiary alicyclic amines) is 1. The van der Waals surface area contributed by atoms with Crippen LogP contribution in [-0.4, -0.2) is 37.6 Å². The van der Waals surface area contributed by atoms with Crippen molar-refractivity contribution in [3.63, 3.8) is 0 Å². The van der Waals surface area contributed by atoms with Crippen LogP contribution in [-0.2, 0) is 0 Å². The number of nitrogens with zero attached hydrogens (tertiary/aromatic N) is 1. The largest absolute Gasteiger partial charge is 0.316 e. The van der Waals surface area contributed by atoms with Crippen molar-refractivity contribution in [2.45, 2.75) is 60.8 Å². The zero-order valence-electron chi connectivity index (χ0n) is 14.2. The second kappa shape index (κ2) is 7.08. The molecule has 1 heterocycles. The van der Waals surface area contributed by atoms with Crippen molar-refractivity contribution < 1.29 is 0 Å². The molecule has 0 aromatic heterocycles. The summed E-state index contributed by atoms with van der Waals surface area (Å²) in [5, 5.41) is 3.54. The van der Waals surface area contributed by atoms with Crippen LogP contribution in [0.5, 0.6) is 0 Å². The standard InChI is InChI=1S/C17H36N2/c1-7-17(6,13-18-8-2)14-19-11-9-15(10-12-19)16(3,4)5/h15,18H,7-14H2,1-6H3. The van der Waals surface area contributed by atoms with Gasteiger partial charge in [0.15, 0.2) is 0 Å². The Kier molecular flexibility index (Phi) is 6.32. The van der Waals surface area contributed by atoms with Gasteiger partial charge in [-0.1, -0.05) is 41.5 Å². The first kappa shape index (κ1) is 17.0. The third-order valence-corrected chi connectivity index (χ3v) is 5.07. The van der Waals surface area contributed by atoms with Crippen molar-refractivity contribution in [1.29, 1.82) is 0 Å². The van der Waals surface area contributed by atoms with Crippen LogP contribution in [0.1, 0.15) is 60.8 Å². The summed E-state index contributed by atoms with van der Waals surface area (Å²) in [6.07, 6.45) is 4.02. The van der Waals surface area contributed by atoms with E-state index < -0.39 is 0 Å². The molecule has 0 saturated carbocycles. The molecule has 1 saturated heterocycles. The van der Waals surface area contributed by atoms with E-state index in [0.717, 1.165) is 19.0 Å². The maximum atomic E-state index is 3.54. The second-order valence-corrected chi connectivity index (χ2v) is 7.86. The van der Waals surface area contributed by atoms with Crippen molar-refractivity contribution in [2.75, 3.05) is 32.7 Å². The normalized spacial score (nSPS) is 22.4. The number of rotatable bonds is 6. The molecule has 1 rings (SSSR count). The van der Waals surface area contributed by atoms with Gasteiger partial charge in [-0.3, -0.25) is 0 Å². The Bertz CT molecular complexity index is 248. The van der Waals surface area contributed by atoms with Crippen LogP contribution in [0.15, 0.2) is 0 Å². The minimum atomic E-state index is 0.435. The molecule has 0 aliphatic carbocycles. The predicted octanol–water partition coefficient (Wildman–Crippen LogP) is 3.77. The quantitative estimate of drug-likeness (QED) is 0.789. The molecule has 1 atom stereocenters. The van der Waals surface area contributed by atoms with Crippen LogP contribution in [0.25, 0.3) is 0 Å². The lowest BCUT2D eigenvalue weighted by Crippen LogP contribution is -2.46. The lowest BCUT2D eigenvalue weighted by atomic mass is 9.75. The second-order valence-electron chi connectivity index (χ2n) is 7.86. The van der Waals surface area contributed by atoms with E-state index in [2.05, 4.69) is 51.8 Å². The van der Waals surface area contributed by atoms with E-state index in [1.807, 2.05) is 0 Å². The van der Waals surface area contributed by atoms with Crippen LogP contribution in [0.4, 0.5) is 0 Å². The predicted molar refractivity (Wildman–Crippen MR) is 85.6 cm³/mol. The van der Waals surface area contributed by atoms with Gasteiger partial charge in [-0.15, -0.1) is 0 Å². The molecule has 19 heavy (non-hydrogen) atoms. The number of hydrogen-bond acceptors (Lipinski definition) is 2. The van der Waals surface area contributed by atoms with E-state index >= 15 is 0 Å². The first-order valence-corrected chi connectivity index (χ1v) is 8.24. The van der Waals surface area contributed by atoms with E-state index in [9.17, 15) is 0 Å². The molecule has 0 aromatic rings. The first-order valence-electron chi connectivity index (χ1n) is 8.24. The van der Waals surface area contributed by atoms with Gasteiger partial charge < -0.3 is 10.2 Å². The first-order chi connectivity index (χ1) is 8.80. The molecule has 1 aliphatic heterocycles. The fourth-order valence-corrected chi connectivity index (χ4v) is 3.22. The fraction of sp³-hybridized carbons (Fsp3) is 1.00. The van der Waals surface area contributed by atoms with Gasteiger partial charge >= 0.3 is 0 Å². The van der Waals surface area contributed by atoms with Gasteiger partial charge in [0.2, 0.25) is 0 Å². The third-order valence-electron chi connectivity index (χ3n) is 5.07. The van der Waals surface area contributed by atoms with Crippen molar-refractivity contribution in [3.05, 3.63) is 0 Å². The van der Waals surface area contributed by atoms with Gasteiger partial charge in [-0.2, -0.15) is 0 Å². The van der Waals surface area contributed by atoms with E-state index in [1.54, 1.807) is 0 Å². The summed E-state index contributed by atoms with van der Waals surface area (Å²) >= 11 is 0. The monoisotopic (exact) mass is 268 g/mol. The molecule has 1 fully saturated rings. The summed E-state index contributed by atoms with van der Waals surface area (Å²) in [6.45, 7) is 20.2. The smallest absolute Gasteiger partial charge is 0.00474 e. The van der Waals surface area contributed by atoms with Gasteiger partial charge in [-0.05, 0) is 55.6 Å². The van der Waals surface area contributed by atoms with Gasteiger partial charge in [0.1, 0.15) is 0 Å². The van der Waals surface area contributed by atoms with Crippen LogP contribution in [0, 0.1) is 16.7 Å². The summed E-state index contributed by atoms with van der Waals surface area (Å²) in [5.41, 5.74) is 0.925. The Labute approximate surface area is 121 Å². The van der Waals surface area contributed by atoms with Crippen molar-refractivity contribution >= 4 is 0 Å². The minimum Gasteiger partial charge on any atom is -0.316 e. The summed E-state index contributed by atoms with van der Waals surface area (Å²) in [5.74, 6) is 0.908. The molecule has 0 aromatic carbocycles. The summed E-state index contributed by atoms with van der Waals surface area (Å²) in [6, 6.07) is 0. The molecule has 1 unspecified atom stereocenters. The van der Waals surface area contributed by atoms with Gasteiger partial charge in [-0.25, -0.2) is 0 Å². The van der Waals surface area contributed by atoms with Crippen LogP contribution in [0.2, 0.25) is 0 Å². The van der Waals surface area contributed by atoms with Crippen LogP contribution in [0.3, 0.4) is 0 Å². The molecule has 0 radical (unpaired) electrons. The zero-order valence-corrected chi connectivity index (χ0v) is 14.2. The zero-order chi connectivity index (χ0) is 14.5. The van der Waals surface area contributed by atoms with E-state index in [-0.39, 0.29) is 0 Å². The van der Waals surface area contributed by atoms with E-state index in [1.165, 1.54) is 38.9 Å². The lowest BCUT2D eigenvalue weighted by molar-refractivity contribution is 0.0777. The maximum absolute atomic E-state index is 3.54. The topological polar surface area (TPSA) is 15.3 Å². The molecule has 1 aliphatic rings.